The fourth-order valence-corrected chi connectivity index (χ4v) is 0.969. The maximum Gasteiger partial charge on any atom is 0.102 e. The first-order chi connectivity index (χ1) is 6.19. The van der Waals surface area contributed by atoms with Crippen molar-refractivity contribution in [1.82, 2.24) is 4.98 Å². The van der Waals surface area contributed by atoms with Crippen LogP contribution in [-0.4, -0.2) is 4.98 Å². The summed E-state index contributed by atoms with van der Waals surface area (Å²) in [5.74, 6) is 0.278. The van der Waals surface area contributed by atoms with Crippen molar-refractivity contribution < 1.29 is 0 Å². The van der Waals surface area contributed by atoms with Gasteiger partial charge < -0.3 is 0 Å². The van der Waals surface area contributed by atoms with Crippen molar-refractivity contribution in [2.45, 2.75) is 19.8 Å². The Balaban J connectivity index is 3.25. The molecule has 0 bridgehead atoms. The lowest BCUT2D eigenvalue weighted by molar-refractivity contribution is 0.821. The molecule has 1 aromatic heterocycles. The quantitative estimate of drug-likeness (QED) is 0.648. The van der Waals surface area contributed by atoms with Crippen LogP contribution in [0.5, 0.6) is 0 Å². The third-order valence-electron chi connectivity index (χ3n) is 1.76. The number of pyridine rings is 1. The maximum atomic E-state index is 8.73. The second kappa shape index (κ2) is 3.69. The molecule has 0 aliphatic rings. The molecule has 64 valence electrons. The van der Waals surface area contributed by atoms with E-state index in [1.165, 1.54) is 6.20 Å². The molecule has 0 aliphatic carbocycles. The van der Waals surface area contributed by atoms with Gasteiger partial charge in [0.2, 0.25) is 0 Å². The second-order valence-corrected chi connectivity index (χ2v) is 3.03. The van der Waals surface area contributed by atoms with Gasteiger partial charge in [-0.2, -0.15) is 10.5 Å². The lowest BCUT2D eigenvalue weighted by Crippen LogP contribution is -1.95. The molecule has 1 aromatic rings. The number of hydrogen-bond donors (Lipinski definition) is 0. The lowest BCUT2D eigenvalue weighted by atomic mass is 10.1. The molecule has 0 aromatic carbocycles. The smallest absolute Gasteiger partial charge is 0.102 e. The van der Waals surface area contributed by atoms with E-state index in [2.05, 4.69) is 4.98 Å². The van der Waals surface area contributed by atoms with E-state index >= 15 is 0 Å². The molecule has 0 saturated heterocycles. The summed E-state index contributed by atoms with van der Waals surface area (Å²) in [6, 6.07) is 5.58. The minimum Gasteiger partial charge on any atom is -0.260 e. The summed E-state index contributed by atoms with van der Waals surface area (Å²) < 4.78 is 0. The first kappa shape index (κ1) is 9.22. The van der Waals surface area contributed by atoms with Gasteiger partial charge in [0.1, 0.15) is 12.1 Å². The maximum absolute atomic E-state index is 8.73. The van der Waals surface area contributed by atoms with Gasteiger partial charge in [0.05, 0.1) is 11.1 Å². The first-order valence-electron chi connectivity index (χ1n) is 3.99. The van der Waals surface area contributed by atoms with E-state index in [0.717, 1.165) is 5.69 Å². The first-order valence-corrected chi connectivity index (χ1v) is 3.99. The number of hydrogen-bond acceptors (Lipinski definition) is 3. The summed E-state index contributed by atoms with van der Waals surface area (Å²) in [5.41, 5.74) is 1.59. The molecular formula is C10H9N3. The van der Waals surface area contributed by atoms with Gasteiger partial charge in [-0.05, 0) is 12.0 Å². The van der Waals surface area contributed by atoms with Crippen LogP contribution in [0.4, 0.5) is 0 Å². The van der Waals surface area contributed by atoms with Crippen molar-refractivity contribution in [3.8, 4) is 12.1 Å². The van der Waals surface area contributed by atoms with E-state index in [9.17, 15) is 0 Å². The van der Waals surface area contributed by atoms with E-state index in [1.807, 2.05) is 26.0 Å². The molecule has 0 aliphatic heterocycles. The van der Waals surface area contributed by atoms with Crippen LogP contribution in [-0.2, 0) is 0 Å². The Morgan fingerprint density at radius 1 is 1.23 bits per heavy atom. The van der Waals surface area contributed by atoms with Gasteiger partial charge in [0.15, 0.2) is 0 Å². The largest absolute Gasteiger partial charge is 0.260 e. The number of aromatic nitrogens is 1. The lowest BCUT2D eigenvalue weighted by Gasteiger charge is -2.03. The van der Waals surface area contributed by atoms with Crippen molar-refractivity contribution in [2.75, 3.05) is 0 Å². The fraction of sp³-hybridized carbons (Fsp3) is 0.300. The normalized spacial score (nSPS) is 9.31. The predicted molar refractivity (Wildman–Crippen MR) is 47.8 cm³/mol. The van der Waals surface area contributed by atoms with Crippen LogP contribution in [0.15, 0.2) is 12.3 Å². The third-order valence-corrected chi connectivity index (χ3v) is 1.76. The summed E-state index contributed by atoms with van der Waals surface area (Å²) in [5, 5.41) is 17.4. The summed E-state index contributed by atoms with van der Waals surface area (Å²) in [6.07, 6.45) is 1.45. The molecule has 13 heavy (non-hydrogen) atoms. The van der Waals surface area contributed by atoms with E-state index < -0.39 is 0 Å². The van der Waals surface area contributed by atoms with Gasteiger partial charge >= 0.3 is 0 Å². The standard InChI is InChI=1S/C10H9N3/c1-7(2)10-3-8(4-11)9(5-12)6-13-10/h3,6-7H,1-2H3. The van der Waals surface area contributed by atoms with Crippen LogP contribution in [0.2, 0.25) is 0 Å². The Morgan fingerprint density at radius 3 is 2.31 bits per heavy atom. The highest BCUT2D eigenvalue weighted by atomic mass is 14.7. The Hall–Kier alpha value is -1.87. The molecule has 1 heterocycles. The molecule has 0 N–H and O–H groups in total. The van der Waals surface area contributed by atoms with Crippen molar-refractivity contribution >= 4 is 0 Å². The zero-order chi connectivity index (χ0) is 9.84. The molecule has 0 atom stereocenters. The Kier molecular flexibility index (Phi) is 2.62. The second-order valence-electron chi connectivity index (χ2n) is 3.03. The molecule has 0 unspecified atom stereocenters. The van der Waals surface area contributed by atoms with E-state index in [0.29, 0.717) is 11.1 Å². The van der Waals surface area contributed by atoms with Crippen LogP contribution < -0.4 is 0 Å². The van der Waals surface area contributed by atoms with E-state index in [1.54, 1.807) is 6.07 Å². The molecular weight excluding hydrogens is 162 g/mol. The summed E-state index contributed by atoms with van der Waals surface area (Å²) >= 11 is 0. The molecule has 0 amide bonds. The van der Waals surface area contributed by atoms with Gasteiger partial charge in [-0.15, -0.1) is 0 Å². The van der Waals surface area contributed by atoms with Crippen LogP contribution in [0.25, 0.3) is 0 Å². The van der Waals surface area contributed by atoms with Crippen LogP contribution in [0.1, 0.15) is 36.6 Å². The molecule has 0 saturated carbocycles. The molecule has 0 fully saturated rings. The minimum atomic E-state index is 0.278. The zero-order valence-corrected chi connectivity index (χ0v) is 7.57. The van der Waals surface area contributed by atoms with E-state index in [-0.39, 0.29) is 5.92 Å². The third kappa shape index (κ3) is 1.83. The van der Waals surface area contributed by atoms with Gasteiger partial charge in [0, 0.05) is 11.9 Å². The van der Waals surface area contributed by atoms with Gasteiger partial charge in [-0.1, -0.05) is 13.8 Å². The highest BCUT2D eigenvalue weighted by molar-refractivity contribution is 5.44. The number of rotatable bonds is 1. The highest BCUT2D eigenvalue weighted by Gasteiger charge is 2.06. The Labute approximate surface area is 77.3 Å². The molecule has 3 heteroatoms. The van der Waals surface area contributed by atoms with Gasteiger partial charge in [-0.3, -0.25) is 4.98 Å². The Morgan fingerprint density at radius 2 is 1.85 bits per heavy atom. The molecule has 3 nitrogen and oxygen atoms in total. The average molecular weight is 171 g/mol. The van der Waals surface area contributed by atoms with Crippen molar-refractivity contribution in [3.05, 3.63) is 29.1 Å². The summed E-state index contributed by atoms with van der Waals surface area (Å²) in [4.78, 5) is 4.08. The van der Waals surface area contributed by atoms with Crippen LogP contribution in [0, 0.1) is 22.7 Å². The summed E-state index contributed by atoms with van der Waals surface area (Å²) in [7, 11) is 0. The van der Waals surface area contributed by atoms with Gasteiger partial charge in [-0.25, -0.2) is 0 Å². The Bertz CT molecular complexity index is 394. The van der Waals surface area contributed by atoms with Crippen LogP contribution in [0.3, 0.4) is 0 Å². The SMILES string of the molecule is CC(C)c1cc(C#N)c(C#N)cn1. The molecule has 1 rings (SSSR count). The highest BCUT2D eigenvalue weighted by Crippen LogP contribution is 2.14. The van der Waals surface area contributed by atoms with Crippen molar-refractivity contribution in [2.24, 2.45) is 0 Å². The molecule has 0 spiro atoms. The van der Waals surface area contributed by atoms with Gasteiger partial charge in [0.25, 0.3) is 0 Å². The fourth-order valence-electron chi connectivity index (χ4n) is 0.969. The van der Waals surface area contributed by atoms with E-state index in [4.69, 9.17) is 10.5 Å². The average Bonchev–Trinajstić information content (AvgIpc) is 2.16. The molecule has 0 radical (unpaired) electrons. The van der Waals surface area contributed by atoms with Crippen molar-refractivity contribution in [1.29, 1.82) is 10.5 Å². The predicted octanol–water partition coefficient (Wildman–Crippen LogP) is 1.95. The van der Waals surface area contributed by atoms with Crippen molar-refractivity contribution in [3.63, 3.8) is 0 Å². The monoisotopic (exact) mass is 171 g/mol. The summed E-state index contributed by atoms with van der Waals surface area (Å²) in [6.45, 7) is 3.99. The zero-order valence-electron chi connectivity index (χ0n) is 7.57. The number of nitriles is 2. The topological polar surface area (TPSA) is 60.5 Å². The van der Waals surface area contributed by atoms with Crippen LogP contribution >= 0.6 is 0 Å². The minimum absolute atomic E-state index is 0.278. The number of nitrogens with zero attached hydrogens (tertiary/aromatic N) is 3.